The molecule has 0 aliphatic rings. The number of aromatic nitrogens is 3. The first-order valence-electron chi connectivity index (χ1n) is 6.00. The first-order valence-corrected chi connectivity index (χ1v) is 6.00. The summed E-state index contributed by atoms with van der Waals surface area (Å²) in [4.78, 5) is 15.4. The summed E-state index contributed by atoms with van der Waals surface area (Å²) in [6.45, 7) is 2.05. The number of amides is 2. The Kier molecular flexibility index (Phi) is 4.41. The largest absolute Gasteiger partial charge is 0.334 e. The molecular formula is C12H12F3N5O. The average molecular weight is 299 g/mol. The molecule has 112 valence electrons. The minimum absolute atomic E-state index is 0.333. The molecule has 0 saturated heterocycles. The van der Waals surface area contributed by atoms with Crippen molar-refractivity contribution in [3.63, 3.8) is 0 Å². The van der Waals surface area contributed by atoms with Gasteiger partial charge in [-0.15, -0.1) is 0 Å². The number of hydrogen-bond donors (Lipinski definition) is 2. The van der Waals surface area contributed by atoms with Gasteiger partial charge in [0.15, 0.2) is 11.6 Å². The molecule has 0 radical (unpaired) electrons. The molecule has 1 heterocycles. The van der Waals surface area contributed by atoms with Crippen LogP contribution in [-0.4, -0.2) is 26.8 Å². The zero-order valence-electron chi connectivity index (χ0n) is 11.0. The Balaban J connectivity index is 1.94. The van der Waals surface area contributed by atoms with Gasteiger partial charge in [-0.25, -0.2) is 22.9 Å². The van der Waals surface area contributed by atoms with Crippen molar-refractivity contribution >= 4 is 11.7 Å². The van der Waals surface area contributed by atoms with Crippen LogP contribution in [0.2, 0.25) is 0 Å². The van der Waals surface area contributed by atoms with E-state index in [4.69, 9.17) is 0 Å². The van der Waals surface area contributed by atoms with Crippen molar-refractivity contribution in [2.45, 2.75) is 19.5 Å². The van der Waals surface area contributed by atoms with Crippen molar-refractivity contribution < 1.29 is 18.0 Å². The van der Waals surface area contributed by atoms with Gasteiger partial charge < -0.3 is 10.6 Å². The number of carbonyl (C=O) groups excluding carboxylic acids is 1. The molecule has 0 aliphatic heterocycles. The van der Waals surface area contributed by atoms with Crippen LogP contribution in [0.25, 0.3) is 0 Å². The van der Waals surface area contributed by atoms with Gasteiger partial charge in [-0.2, -0.15) is 5.10 Å². The van der Waals surface area contributed by atoms with Crippen LogP contribution < -0.4 is 10.6 Å². The van der Waals surface area contributed by atoms with Gasteiger partial charge in [0.1, 0.15) is 18.5 Å². The summed E-state index contributed by atoms with van der Waals surface area (Å²) in [6, 6.07) is -0.136. The van der Waals surface area contributed by atoms with Gasteiger partial charge in [-0.05, 0) is 6.92 Å². The van der Waals surface area contributed by atoms with E-state index in [0.717, 1.165) is 0 Å². The SMILES string of the molecule is C[C@@H](Cn1cncn1)NC(=O)Nc1cc(F)c(F)cc1F. The Morgan fingerprint density at radius 1 is 1.29 bits per heavy atom. The number of urea groups is 1. The van der Waals surface area contributed by atoms with Gasteiger partial charge in [0.25, 0.3) is 0 Å². The fourth-order valence-electron chi connectivity index (χ4n) is 1.65. The smallest absolute Gasteiger partial charge is 0.319 e. The molecule has 0 unspecified atom stereocenters. The molecule has 1 aromatic heterocycles. The summed E-state index contributed by atoms with van der Waals surface area (Å²) in [6.07, 6.45) is 2.83. The molecule has 9 heteroatoms. The number of carbonyl (C=O) groups is 1. The first kappa shape index (κ1) is 14.8. The Morgan fingerprint density at radius 3 is 2.67 bits per heavy atom. The van der Waals surface area contributed by atoms with Crippen LogP contribution in [0.3, 0.4) is 0 Å². The van der Waals surface area contributed by atoms with E-state index >= 15 is 0 Å². The fourth-order valence-corrected chi connectivity index (χ4v) is 1.65. The van der Waals surface area contributed by atoms with E-state index in [0.29, 0.717) is 18.7 Å². The predicted octanol–water partition coefficient (Wildman–Crippen LogP) is 1.91. The minimum Gasteiger partial charge on any atom is -0.334 e. The monoisotopic (exact) mass is 299 g/mol. The number of anilines is 1. The van der Waals surface area contributed by atoms with Gasteiger partial charge in [0.05, 0.1) is 12.2 Å². The fraction of sp³-hybridized carbons (Fsp3) is 0.250. The van der Waals surface area contributed by atoms with Crippen LogP contribution in [-0.2, 0) is 6.54 Å². The highest BCUT2D eigenvalue weighted by molar-refractivity contribution is 5.89. The summed E-state index contributed by atoms with van der Waals surface area (Å²) in [7, 11) is 0. The lowest BCUT2D eigenvalue weighted by Gasteiger charge is -2.14. The van der Waals surface area contributed by atoms with E-state index in [1.807, 2.05) is 0 Å². The van der Waals surface area contributed by atoms with Crippen LogP contribution >= 0.6 is 0 Å². The second kappa shape index (κ2) is 6.25. The Labute approximate surface area is 118 Å². The van der Waals surface area contributed by atoms with E-state index in [2.05, 4.69) is 20.7 Å². The summed E-state index contributed by atoms with van der Waals surface area (Å²) >= 11 is 0. The zero-order valence-corrected chi connectivity index (χ0v) is 11.0. The van der Waals surface area contributed by atoms with E-state index in [1.54, 1.807) is 6.92 Å². The average Bonchev–Trinajstić information content (AvgIpc) is 2.88. The molecule has 1 aromatic carbocycles. The maximum Gasteiger partial charge on any atom is 0.319 e. The van der Waals surface area contributed by atoms with Crippen LogP contribution in [0.4, 0.5) is 23.7 Å². The van der Waals surface area contributed by atoms with Crippen molar-refractivity contribution in [2.75, 3.05) is 5.32 Å². The maximum absolute atomic E-state index is 13.4. The number of nitrogens with zero attached hydrogens (tertiary/aromatic N) is 3. The standard InChI is InChI=1S/C12H12F3N5O/c1-7(4-20-6-16-5-17-20)18-12(21)19-11-3-9(14)8(13)2-10(11)15/h2-3,5-7H,4H2,1H3,(H2,18,19,21)/t7-/m0/s1. The lowest BCUT2D eigenvalue weighted by Crippen LogP contribution is -2.38. The summed E-state index contributed by atoms with van der Waals surface area (Å²) in [5.74, 6) is -3.63. The van der Waals surface area contributed by atoms with Crippen LogP contribution in [0.1, 0.15) is 6.92 Å². The van der Waals surface area contributed by atoms with E-state index < -0.39 is 29.2 Å². The normalized spacial score (nSPS) is 12.0. The second-order valence-electron chi connectivity index (χ2n) is 4.36. The molecule has 0 aliphatic carbocycles. The molecule has 2 amide bonds. The highest BCUT2D eigenvalue weighted by Crippen LogP contribution is 2.18. The number of hydrogen-bond acceptors (Lipinski definition) is 3. The maximum atomic E-state index is 13.4. The molecule has 21 heavy (non-hydrogen) atoms. The molecule has 0 spiro atoms. The molecule has 0 bridgehead atoms. The van der Waals surface area contributed by atoms with E-state index in [-0.39, 0.29) is 6.04 Å². The minimum atomic E-state index is -1.32. The van der Waals surface area contributed by atoms with Gasteiger partial charge >= 0.3 is 6.03 Å². The van der Waals surface area contributed by atoms with Gasteiger partial charge in [-0.3, -0.25) is 4.68 Å². The Bertz CT molecular complexity index is 632. The number of nitrogens with one attached hydrogen (secondary N) is 2. The van der Waals surface area contributed by atoms with Crippen LogP contribution in [0, 0.1) is 17.5 Å². The summed E-state index contributed by atoms with van der Waals surface area (Å²) < 4.78 is 40.6. The third-order valence-electron chi connectivity index (χ3n) is 2.56. The molecule has 2 rings (SSSR count). The third kappa shape index (κ3) is 3.94. The highest BCUT2D eigenvalue weighted by atomic mass is 19.2. The molecule has 2 aromatic rings. The van der Waals surface area contributed by atoms with E-state index in [9.17, 15) is 18.0 Å². The molecule has 1 atom stereocenters. The van der Waals surface area contributed by atoms with Crippen molar-refractivity contribution in [2.24, 2.45) is 0 Å². The molecule has 6 nitrogen and oxygen atoms in total. The van der Waals surface area contributed by atoms with Crippen LogP contribution in [0.5, 0.6) is 0 Å². The van der Waals surface area contributed by atoms with Crippen molar-refractivity contribution in [3.05, 3.63) is 42.2 Å². The van der Waals surface area contributed by atoms with Gasteiger partial charge in [0.2, 0.25) is 0 Å². The Hall–Kier alpha value is -2.58. The first-order chi connectivity index (χ1) is 9.95. The lowest BCUT2D eigenvalue weighted by atomic mass is 10.3. The van der Waals surface area contributed by atoms with Crippen molar-refractivity contribution in [3.8, 4) is 0 Å². The number of benzene rings is 1. The zero-order chi connectivity index (χ0) is 15.4. The van der Waals surface area contributed by atoms with E-state index in [1.165, 1.54) is 17.3 Å². The highest BCUT2D eigenvalue weighted by Gasteiger charge is 2.14. The number of rotatable bonds is 4. The second-order valence-corrected chi connectivity index (χ2v) is 4.36. The van der Waals surface area contributed by atoms with Gasteiger partial charge in [-0.1, -0.05) is 0 Å². The quantitative estimate of drug-likeness (QED) is 0.847. The van der Waals surface area contributed by atoms with Crippen molar-refractivity contribution in [1.82, 2.24) is 20.1 Å². The predicted molar refractivity (Wildman–Crippen MR) is 68.0 cm³/mol. The third-order valence-corrected chi connectivity index (χ3v) is 2.56. The molecule has 2 N–H and O–H groups in total. The molecule has 0 fully saturated rings. The topological polar surface area (TPSA) is 71.8 Å². The van der Waals surface area contributed by atoms with Crippen molar-refractivity contribution in [1.29, 1.82) is 0 Å². The summed E-state index contributed by atoms with van der Waals surface area (Å²) in [5.41, 5.74) is -0.445. The molecular weight excluding hydrogens is 287 g/mol. The number of halogens is 3. The van der Waals surface area contributed by atoms with Crippen LogP contribution in [0.15, 0.2) is 24.8 Å². The Morgan fingerprint density at radius 2 is 2.00 bits per heavy atom. The lowest BCUT2D eigenvalue weighted by molar-refractivity contribution is 0.247. The molecule has 0 saturated carbocycles. The summed E-state index contributed by atoms with van der Waals surface area (Å²) in [5, 5.41) is 8.48. The van der Waals surface area contributed by atoms with Gasteiger partial charge in [0, 0.05) is 18.2 Å².